The maximum Gasteiger partial charge on any atom is 1.00 e. The van der Waals surface area contributed by atoms with Gasteiger partial charge in [-0.2, -0.15) is 0 Å². The average Bonchev–Trinajstić information content (AvgIpc) is 2.33. The fourth-order valence-corrected chi connectivity index (χ4v) is 0.928. The van der Waals surface area contributed by atoms with E-state index >= 15 is 0 Å². The molecule has 0 aliphatic rings. The van der Waals surface area contributed by atoms with Gasteiger partial charge in [-0.25, -0.2) is 0 Å². The van der Waals surface area contributed by atoms with Gasteiger partial charge in [-0.05, 0) is 11.7 Å². The van der Waals surface area contributed by atoms with Gasteiger partial charge in [-0.15, -0.1) is 35.7 Å². The second-order valence-corrected chi connectivity index (χ2v) is 1.98. The number of rotatable bonds is 0. The molecule has 44 valence electrons. The van der Waals surface area contributed by atoms with Crippen LogP contribution in [0.3, 0.4) is 0 Å². The second kappa shape index (κ2) is 3.81. The van der Waals surface area contributed by atoms with Crippen LogP contribution in [0.2, 0.25) is 0 Å². The molecule has 1 N–H and O–H groups in total. The van der Waals surface area contributed by atoms with Crippen molar-refractivity contribution in [1.29, 1.82) is 0 Å². The van der Waals surface area contributed by atoms with E-state index in [0.717, 1.165) is 10.9 Å². The zero-order valence-electron chi connectivity index (χ0n) is 5.89. The summed E-state index contributed by atoms with van der Waals surface area (Å²) < 4.78 is 0. The van der Waals surface area contributed by atoms with Crippen molar-refractivity contribution in [1.82, 2.24) is 4.98 Å². The molecule has 1 heterocycles. The maximum absolute atomic E-state index is 3.10. The van der Waals surface area contributed by atoms with Gasteiger partial charge in [0.15, 0.2) is 0 Å². The molecule has 10 heavy (non-hydrogen) atoms. The van der Waals surface area contributed by atoms with E-state index in [9.17, 15) is 0 Å². The normalized spacial score (nSPS) is 9.20. The summed E-state index contributed by atoms with van der Waals surface area (Å²) in [6.07, 6.45) is 1.92. The summed E-state index contributed by atoms with van der Waals surface area (Å²) in [5.74, 6) is 0. The Morgan fingerprint density at radius 2 is 2.20 bits per heavy atom. The summed E-state index contributed by atoms with van der Waals surface area (Å²) in [7, 11) is 0. The molecule has 1 nitrogen and oxygen atoms in total. The van der Waals surface area contributed by atoms with Crippen LogP contribution in [0.25, 0.3) is 10.9 Å². The molecule has 0 bridgehead atoms. The molecule has 0 aliphatic heterocycles. The Balaban J connectivity index is 0.000000500. The van der Waals surface area contributed by atoms with Crippen molar-refractivity contribution >= 4 is 10.9 Å². The van der Waals surface area contributed by atoms with Gasteiger partial charge >= 0.3 is 58.2 Å². The Morgan fingerprint density at radius 3 is 3.00 bits per heavy atom. The summed E-state index contributed by atoms with van der Waals surface area (Å²) in [5, 5.41) is 1.15. The van der Waals surface area contributed by atoms with Crippen molar-refractivity contribution < 1.29 is 58.2 Å². The van der Waals surface area contributed by atoms with Crippen LogP contribution in [-0.4, -0.2) is 4.98 Å². The fourth-order valence-electron chi connectivity index (χ4n) is 0.928. The van der Waals surface area contributed by atoms with Crippen LogP contribution in [-0.2, 0) is 0 Å². The number of H-pyrrole nitrogens is 1. The zero-order chi connectivity index (χ0) is 6.10. The topological polar surface area (TPSA) is 15.8 Å². The number of nitrogens with one attached hydrogen (secondary N) is 1. The van der Waals surface area contributed by atoms with Gasteiger partial charge in [-0.3, -0.25) is 0 Å². The van der Waals surface area contributed by atoms with Crippen molar-refractivity contribution in [3.63, 3.8) is 0 Å². The Morgan fingerprint density at radius 1 is 1.30 bits per heavy atom. The van der Waals surface area contributed by atoms with Gasteiger partial charge in [-0.1, -0.05) is 0 Å². The molecule has 2 heteroatoms. The quantitative estimate of drug-likeness (QED) is 0.525. The van der Waals surface area contributed by atoms with Crippen LogP contribution in [0.4, 0.5) is 0 Å². The molecule has 0 saturated carbocycles. The minimum absolute atomic E-state index is 0. The summed E-state index contributed by atoms with van der Waals surface area (Å²) >= 11 is 0. The standard InChI is InChI=1S/C8H6N.Rb/c1-2-4-8-7(3-1)5-6-9-8;/h1-2,4-6,9H;/q-1;+1. The van der Waals surface area contributed by atoms with Gasteiger partial charge in [0.1, 0.15) is 0 Å². The molecule has 1 aromatic carbocycles. The van der Waals surface area contributed by atoms with Gasteiger partial charge < -0.3 is 4.98 Å². The molecule has 1 aromatic heterocycles. The Kier molecular flexibility index (Phi) is 3.30. The molecule has 0 radical (unpaired) electrons. The van der Waals surface area contributed by atoms with E-state index in [1.165, 1.54) is 0 Å². The third-order valence-electron chi connectivity index (χ3n) is 1.38. The van der Waals surface area contributed by atoms with Gasteiger partial charge in [0.05, 0.1) is 0 Å². The molecular weight excluding hydrogens is 196 g/mol. The molecule has 0 spiro atoms. The molecule has 0 saturated heterocycles. The molecular formula is C8H6NRb. The van der Waals surface area contributed by atoms with E-state index in [2.05, 4.69) is 11.1 Å². The van der Waals surface area contributed by atoms with Crippen molar-refractivity contribution in [3.05, 3.63) is 36.5 Å². The molecule has 0 aliphatic carbocycles. The molecule has 0 fully saturated rings. The Bertz CT molecular complexity index is 283. The van der Waals surface area contributed by atoms with E-state index in [1.54, 1.807) is 0 Å². The minimum atomic E-state index is 0. The van der Waals surface area contributed by atoms with Gasteiger partial charge in [0.2, 0.25) is 0 Å². The van der Waals surface area contributed by atoms with E-state index in [1.807, 2.05) is 30.5 Å². The van der Waals surface area contributed by atoms with E-state index in [-0.39, 0.29) is 58.2 Å². The Hall–Kier alpha value is 0.565. The van der Waals surface area contributed by atoms with Crippen LogP contribution in [0.15, 0.2) is 30.5 Å². The molecule has 2 rings (SSSR count). The number of benzene rings is 1. The second-order valence-electron chi connectivity index (χ2n) is 1.98. The van der Waals surface area contributed by atoms with Crippen LogP contribution < -0.4 is 58.2 Å². The van der Waals surface area contributed by atoms with Crippen molar-refractivity contribution in [2.75, 3.05) is 0 Å². The Labute approximate surface area is 109 Å². The molecule has 2 aromatic rings. The molecule has 0 atom stereocenters. The van der Waals surface area contributed by atoms with Crippen LogP contribution in [0.5, 0.6) is 0 Å². The average molecular weight is 202 g/mol. The first kappa shape index (κ1) is 8.66. The summed E-state index contributed by atoms with van der Waals surface area (Å²) in [5.41, 5.74) is 1.15. The van der Waals surface area contributed by atoms with E-state index < -0.39 is 0 Å². The SMILES string of the molecule is [Rb+].[c-]1cccc2[nH]ccc12. The summed E-state index contributed by atoms with van der Waals surface area (Å²) in [4.78, 5) is 3.09. The number of hydrogen-bond acceptors (Lipinski definition) is 0. The van der Waals surface area contributed by atoms with Gasteiger partial charge in [0, 0.05) is 0 Å². The third kappa shape index (κ3) is 1.59. The first-order chi connectivity index (χ1) is 4.47. The number of fused-ring (bicyclic) bond motifs is 1. The van der Waals surface area contributed by atoms with E-state index in [0.29, 0.717) is 0 Å². The van der Waals surface area contributed by atoms with Gasteiger partial charge in [0.25, 0.3) is 0 Å². The van der Waals surface area contributed by atoms with Crippen LogP contribution in [0, 0.1) is 6.07 Å². The maximum atomic E-state index is 3.10. The first-order valence-electron chi connectivity index (χ1n) is 2.90. The van der Waals surface area contributed by atoms with Crippen molar-refractivity contribution in [2.45, 2.75) is 0 Å². The zero-order valence-corrected chi connectivity index (χ0v) is 10.8. The van der Waals surface area contributed by atoms with Crippen LogP contribution in [0.1, 0.15) is 0 Å². The molecule has 0 amide bonds. The number of aromatic amines is 1. The van der Waals surface area contributed by atoms with Crippen molar-refractivity contribution in [3.8, 4) is 0 Å². The first-order valence-corrected chi connectivity index (χ1v) is 2.90. The number of aromatic nitrogens is 1. The fraction of sp³-hybridized carbons (Fsp3) is 0. The van der Waals surface area contributed by atoms with E-state index in [4.69, 9.17) is 0 Å². The summed E-state index contributed by atoms with van der Waals surface area (Å²) in [6.45, 7) is 0. The largest absolute Gasteiger partial charge is 1.00 e. The van der Waals surface area contributed by atoms with Crippen LogP contribution >= 0.6 is 0 Å². The monoisotopic (exact) mass is 201 g/mol. The minimum Gasteiger partial charge on any atom is -0.409 e. The molecule has 0 unspecified atom stereocenters. The number of hydrogen-bond donors (Lipinski definition) is 1. The van der Waals surface area contributed by atoms with Crippen molar-refractivity contribution in [2.24, 2.45) is 0 Å². The predicted molar refractivity (Wildman–Crippen MR) is 37.1 cm³/mol. The summed E-state index contributed by atoms with van der Waals surface area (Å²) in [6, 6.07) is 11.0. The third-order valence-corrected chi connectivity index (χ3v) is 1.38. The smallest absolute Gasteiger partial charge is 0.409 e. The predicted octanol–water partition coefficient (Wildman–Crippen LogP) is -1.03.